The molecule has 0 saturated heterocycles. The van der Waals surface area contributed by atoms with Gasteiger partial charge in [-0.05, 0) is 55.4 Å². The Hall–Kier alpha value is -1.29. The van der Waals surface area contributed by atoms with Gasteiger partial charge in [0.25, 0.3) is 0 Å². The van der Waals surface area contributed by atoms with Crippen molar-refractivity contribution in [3.63, 3.8) is 0 Å². The smallest absolute Gasteiger partial charge is 0.0994 e. The zero-order valence-corrected chi connectivity index (χ0v) is 8.64. The molecule has 0 aromatic heterocycles. The Kier molecular flexibility index (Phi) is 2.54. The molecule has 0 saturated carbocycles. The van der Waals surface area contributed by atoms with Crippen molar-refractivity contribution in [2.45, 2.75) is 39.0 Å². The highest BCUT2D eigenvalue weighted by Gasteiger charge is 2.10. The zero-order chi connectivity index (χ0) is 9.97. The van der Waals surface area contributed by atoms with Crippen LogP contribution in [0.3, 0.4) is 0 Å². The average molecular weight is 185 g/mol. The third-order valence-corrected chi connectivity index (χ3v) is 3.06. The van der Waals surface area contributed by atoms with E-state index in [1.165, 1.54) is 36.8 Å². The fourth-order valence-electron chi connectivity index (χ4n) is 2.21. The molecule has 0 radical (unpaired) electrons. The lowest BCUT2D eigenvalue weighted by atomic mass is 9.97. The predicted molar refractivity (Wildman–Crippen MR) is 57.2 cm³/mol. The molecule has 1 nitrogen and oxygen atoms in total. The second-order valence-corrected chi connectivity index (χ2v) is 4.11. The van der Waals surface area contributed by atoms with Gasteiger partial charge in [-0.1, -0.05) is 12.5 Å². The van der Waals surface area contributed by atoms with Gasteiger partial charge >= 0.3 is 0 Å². The van der Waals surface area contributed by atoms with Crippen molar-refractivity contribution in [1.29, 1.82) is 5.26 Å². The number of aryl methyl sites for hydroxylation is 3. The van der Waals surface area contributed by atoms with Gasteiger partial charge in [0, 0.05) is 0 Å². The van der Waals surface area contributed by atoms with Crippen molar-refractivity contribution in [2.24, 2.45) is 0 Å². The van der Waals surface area contributed by atoms with Gasteiger partial charge in [-0.3, -0.25) is 0 Å². The molecular weight excluding hydrogens is 170 g/mol. The summed E-state index contributed by atoms with van der Waals surface area (Å²) >= 11 is 0. The van der Waals surface area contributed by atoms with Crippen molar-refractivity contribution in [2.75, 3.05) is 0 Å². The number of rotatable bonds is 0. The van der Waals surface area contributed by atoms with E-state index < -0.39 is 0 Å². The third kappa shape index (κ3) is 1.65. The number of nitrogens with zero attached hydrogens (tertiary/aromatic N) is 1. The minimum atomic E-state index is 0.852. The summed E-state index contributed by atoms with van der Waals surface area (Å²) < 4.78 is 0. The molecule has 2 rings (SSSR count). The molecule has 1 aliphatic rings. The number of benzene rings is 1. The monoisotopic (exact) mass is 185 g/mol. The summed E-state index contributed by atoms with van der Waals surface area (Å²) in [6, 6.07) is 6.57. The first kappa shape index (κ1) is 9.27. The molecule has 0 spiro atoms. The lowest BCUT2D eigenvalue weighted by Gasteiger charge is -2.07. The maximum atomic E-state index is 8.94. The third-order valence-electron chi connectivity index (χ3n) is 3.06. The molecule has 1 aromatic rings. The van der Waals surface area contributed by atoms with Crippen LogP contribution in [0.5, 0.6) is 0 Å². The van der Waals surface area contributed by atoms with E-state index in [0.29, 0.717) is 0 Å². The van der Waals surface area contributed by atoms with Crippen LogP contribution in [-0.4, -0.2) is 0 Å². The van der Waals surface area contributed by atoms with Crippen LogP contribution < -0.4 is 0 Å². The first-order valence-corrected chi connectivity index (χ1v) is 5.34. The Morgan fingerprint density at radius 3 is 2.36 bits per heavy atom. The van der Waals surface area contributed by atoms with Crippen LogP contribution >= 0.6 is 0 Å². The predicted octanol–water partition coefficient (Wildman–Crippen LogP) is 3.14. The molecule has 1 aromatic carbocycles. The molecular formula is C13H15N. The van der Waals surface area contributed by atoms with Gasteiger partial charge in [-0.15, -0.1) is 0 Å². The minimum absolute atomic E-state index is 0.852. The Morgan fingerprint density at radius 1 is 1.07 bits per heavy atom. The van der Waals surface area contributed by atoms with E-state index in [0.717, 1.165) is 17.5 Å². The highest BCUT2D eigenvalue weighted by Crippen LogP contribution is 2.23. The van der Waals surface area contributed by atoms with Gasteiger partial charge in [0.15, 0.2) is 0 Å². The highest BCUT2D eigenvalue weighted by atomic mass is 14.2. The van der Waals surface area contributed by atoms with Crippen molar-refractivity contribution in [3.8, 4) is 6.07 Å². The van der Waals surface area contributed by atoms with Gasteiger partial charge in [0.1, 0.15) is 0 Å². The lowest BCUT2D eigenvalue weighted by molar-refractivity contribution is 0.711. The molecule has 0 atom stereocenters. The first-order valence-electron chi connectivity index (χ1n) is 5.34. The van der Waals surface area contributed by atoms with Crippen molar-refractivity contribution in [3.05, 3.63) is 34.4 Å². The number of fused-ring (bicyclic) bond motifs is 1. The SMILES string of the molecule is Cc1cc2c(cc1C#N)CCCCC2. The molecule has 0 unspecified atom stereocenters. The summed E-state index contributed by atoms with van der Waals surface area (Å²) in [6.45, 7) is 2.03. The number of hydrogen-bond donors (Lipinski definition) is 0. The molecule has 14 heavy (non-hydrogen) atoms. The van der Waals surface area contributed by atoms with Crippen LogP contribution in [0.1, 0.15) is 41.5 Å². The summed E-state index contributed by atoms with van der Waals surface area (Å²) in [5.41, 5.74) is 4.86. The topological polar surface area (TPSA) is 23.8 Å². The van der Waals surface area contributed by atoms with Crippen molar-refractivity contribution < 1.29 is 0 Å². The van der Waals surface area contributed by atoms with Crippen molar-refractivity contribution >= 4 is 0 Å². The van der Waals surface area contributed by atoms with E-state index in [1.54, 1.807) is 0 Å². The van der Waals surface area contributed by atoms with E-state index in [4.69, 9.17) is 5.26 Å². The lowest BCUT2D eigenvalue weighted by Crippen LogP contribution is -1.94. The average Bonchev–Trinajstić information content (AvgIpc) is 2.41. The molecule has 0 amide bonds. The molecule has 1 heteroatoms. The van der Waals surface area contributed by atoms with E-state index in [1.807, 2.05) is 6.92 Å². The minimum Gasteiger partial charge on any atom is -0.192 e. The maximum Gasteiger partial charge on any atom is 0.0994 e. The Balaban J connectivity index is 2.47. The molecule has 0 aliphatic heterocycles. The number of hydrogen-bond acceptors (Lipinski definition) is 1. The molecule has 0 fully saturated rings. The Morgan fingerprint density at radius 2 is 1.71 bits per heavy atom. The Labute approximate surface area is 85.4 Å². The van der Waals surface area contributed by atoms with Crippen LogP contribution in [0, 0.1) is 18.3 Å². The van der Waals surface area contributed by atoms with E-state index in [2.05, 4.69) is 18.2 Å². The summed E-state index contributed by atoms with van der Waals surface area (Å²) in [6.07, 6.45) is 6.26. The van der Waals surface area contributed by atoms with Crippen LogP contribution in [-0.2, 0) is 12.8 Å². The van der Waals surface area contributed by atoms with E-state index >= 15 is 0 Å². The fourth-order valence-corrected chi connectivity index (χ4v) is 2.21. The number of nitriles is 1. The van der Waals surface area contributed by atoms with Gasteiger partial charge in [0.2, 0.25) is 0 Å². The van der Waals surface area contributed by atoms with Crippen LogP contribution in [0.2, 0.25) is 0 Å². The van der Waals surface area contributed by atoms with Crippen LogP contribution in [0.4, 0.5) is 0 Å². The summed E-state index contributed by atoms with van der Waals surface area (Å²) in [4.78, 5) is 0. The van der Waals surface area contributed by atoms with Gasteiger partial charge in [0.05, 0.1) is 11.6 Å². The summed E-state index contributed by atoms with van der Waals surface area (Å²) in [5.74, 6) is 0. The van der Waals surface area contributed by atoms with E-state index in [-0.39, 0.29) is 0 Å². The quantitative estimate of drug-likeness (QED) is 0.570. The van der Waals surface area contributed by atoms with Gasteiger partial charge in [-0.2, -0.15) is 5.26 Å². The largest absolute Gasteiger partial charge is 0.192 e. The Bertz CT molecular complexity index is 385. The highest BCUT2D eigenvalue weighted by molar-refractivity contribution is 5.44. The molecule has 1 aliphatic carbocycles. The van der Waals surface area contributed by atoms with Crippen LogP contribution in [0.25, 0.3) is 0 Å². The van der Waals surface area contributed by atoms with E-state index in [9.17, 15) is 0 Å². The van der Waals surface area contributed by atoms with Crippen LogP contribution in [0.15, 0.2) is 12.1 Å². The molecule has 0 heterocycles. The van der Waals surface area contributed by atoms with Crippen molar-refractivity contribution in [1.82, 2.24) is 0 Å². The second-order valence-electron chi connectivity index (χ2n) is 4.11. The zero-order valence-electron chi connectivity index (χ0n) is 8.64. The first-order chi connectivity index (χ1) is 6.81. The maximum absolute atomic E-state index is 8.94. The standard InChI is InChI=1S/C13H15N/c1-10-7-11-5-3-2-4-6-12(11)8-13(10)9-14/h7-8H,2-6H2,1H3. The second kappa shape index (κ2) is 3.84. The molecule has 72 valence electrons. The van der Waals surface area contributed by atoms with Gasteiger partial charge in [-0.25, -0.2) is 0 Å². The summed E-state index contributed by atoms with van der Waals surface area (Å²) in [5, 5.41) is 8.94. The van der Waals surface area contributed by atoms with Gasteiger partial charge < -0.3 is 0 Å². The molecule has 0 N–H and O–H groups in total. The molecule has 0 bridgehead atoms. The normalized spacial score (nSPS) is 15.4. The summed E-state index contributed by atoms with van der Waals surface area (Å²) in [7, 11) is 0. The fraction of sp³-hybridized carbons (Fsp3) is 0.462.